The highest BCUT2D eigenvalue weighted by molar-refractivity contribution is 7.00. The predicted molar refractivity (Wildman–Crippen MR) is 139 cm³/mol. The van der Waals surface area contributed by atoms with E-state index in [-0.39, 0.29) is 0 Å². The first-order chi connectivity index (χ1) is 15.8. The van der Waals surface area contributed by atoms with Gasteiger partial charge >= 0.3 is 0 Å². The fourth-order valence-electron chi connectivity index (χ4n) is 6.20. The Hall–Kier alpha value is -2.94. The lowest BCUT2D eigenvalue weighted by molar-refractivity contribution is 0.515. The first-order valence-electron chi connectivity index (χ1n) is 12.3. The van der Waals surface area contributed by atoms with Crippen LogP contribution in [0.3, 0.4) is 0 Å². The number of benzene rings is 3. The zero-order chi connectivity index (χ0) is 21.5. The molecule has 0 N–H and O–H groups in total. The summed E-state index contributed by atoms with van der Waals surface area (Å²) in [5.74, 6) is 0. The van der Waals surface area contributed by atoms with E-state index in [0.29, 0.717) is 12.8 Å². The van der Waals surface area contributed by atoms with Crippen molar-refractivity contribution in [3.63, 3.8) is 0 Å². The zero-order valence-electron chi connectivity index (χ0n) is 19.0. The van der Waals surface area contributed by atoms with Crippen molar-refractivity contribution in [1.29, 1.82) is 0 Å². The highest BCUT2D eigenvalue weighted by Gasteiger charge is 2.42. The van der Waals surface area contributed by atoms with Gasteiger partial charge in [-0.3, -0.25) is 0 Å². The van der Waals surface area contributed by atoms with Gasteiger partial charge < -0.3 is 9.80 Å². The van der Waals surface area contributed by atoms with Gasteiger partial charge in [-0.1, -0.05) is 67.5 Å². The van der Waals surface area contributed by atoms with Crippen molar-refractivity contribution in [3.05, 3.63) is 78.9 Å². The monoisotopic (exact) mass is 418 g/mol. The topological polar surface area (TPSA) is 6.48 Å². The molecule has 0 bridgehead atoms. The normalized spacial score (nSPS) is 20.8. The average Bonchev–Trinajstić information content (AvgIpc) is 2.85. The number of fused-ring (bicyclic) bond motifs is 4. The zero-order valence-corrected chi connectivity index (χ0v) is 19.0. The fraction of sp³-hybridized carbons (Fsp3) is 0.310. The van der Waals surface area contributed by atoms with Crippen LogP contribution in [0.1, 0.15) is 44.9 Å². The van der Waals surface area contributed by atoms with Crippen molar-refractivity contribution < 1.29 is 0 Å². The molecule has 160 valence electrons. The quantitative estimate of drug-likeness (QED) is 0.386. The van der Waals surface area contributed by atoms with Gasteiger partial charge in [-0.05, 0) is 72.8 Å². The maximum Gasteiger partial charge on any atom is 0.252 e. The number of rotatable bonds is 1. The minimum Gasteiger partial charge on any atom is -0.345 e. The Kier molecular flexibility index (Phi) is 5.06. The van der Waals surface area contributed by atoms with Crippen molar-refractivity contribution in [2.24, 2.45) is 0 Å². The van der Waals surface area contributed by atoms with E-state index < -0.39 is 0 Å². The van der Waals surface area contributed by atoms with Crippen LogP contribution in [0.15, 0.2) is 78.9 Å². The molecule has 0 saturated heterocycles. The molecule has 6 rings (SSSR count). The van der Waals surface area contributed by atoms with Gasteiger partial charge in [0, 0.05) is 35.8 Å². The molecule has 2 nitrogen and oxygen atoms in total. The highest BCUT2D eigenvalue weighted by Crippen LogP contribution is 2.39. The summed E-state index contributed by atoms with van der Waals surface area (Å²) in [4.78, 5) is 5.11. The van der Waals surface area contributed by atoms with Crippen LogP contribution >= 0.6 is 0 Å². The van der Waals surface area contributed by atoms with Gasteiger partial charge in [-0.2, -0.15) is 0 Å². The van der Waals surface area contributed by atoms with Gasteiger partial charge in [0.05, 0.1) is 0 Å². The van der Waals surface area contributed by atoms with Crippen molar-refractivity contribution >= 4 is 45.9 Å². The second-order valence-electron chi connectivity index (χ2n) is 9.53. The first kappa shape index (κ1) is 19.7. The van der Waals surface area contributed by atoms with E-state index in [4.69, 9.17) is 0 Å². The van der Waals surface area contributed by atoms with Gasteiger partial charge in [0.1, 0.15) is 0 Å². The Morgan fingerprint density at radius 1 is 0.656 bits per heavy atom. The molecule has 0 fully saturated rings. The molecule has 3 aliphatic rings. The van der Waals surface area contributed by atoms with Crippen molar-refractivity contribution in [2.45, 2.75) is 51.0 Å². The van der Waals surface area contributed by atoms with E-state index in [0.717, 1.165) is 0 Å². The maximum atomic E-state index is 2.71. The van der Waals surface area contributed by atoms with Crippen molar-refractivity contribution in [1.82, 2.24) is 0 Å². The molecule has 32 heavy (non-hydrogen) atoms. The van der Waals surface area contributed by atoms with Crippen LogP contribution in [0, 0.1) is 0 Å². The number of anilines is 4. The van der Waals surface area contributed by atoms with Crippen LogP contribution in [-0.4, -0.2) is 19.8 Å². The summed E-state index contributed by atoms with van der Waals surface area (Å²) in [6, 6.07) is 25.6. The molecule has 0 radical (unpaired) electrons. The Morgan fingerprint density at radius 3 is 2.22 bits per heavy atom. The lowest BCUT2D eigenvalue weighted by Crippen LogP contribution is -2.62. The maximum absolute atomic E-state index is 2.71. The predicted octanol–water partition coefficient (Wildman–Crippen LogP) is 5.40. The highest BCUT2D eigenvalue weighted by atomic mass is 15.2. The molecule has 0 saturated carbocycles. The van der Waals surface area contributed by atoms with Crippen molar-refractivity contribution in [3.8, 4) is 0 Å². The molecule has 2 heterocycles. The molecule has 0 amide bonds. The summed E-state index contributed by atoms with van der Waals surface area (Å²) in [6.45, 7) is 0.306. The summed E-state index contributed by atoms with van der Waals surface area (Å²) >= 11 is 0. The molecular formula is C29H31BN2. The summed E-state index contributed by atoms with van der Waals surface area (Å²) < 4.78 is 0. The lowest BCUT2D eigenvalue weighted by atomic mass is 9.33. The van der Waals surface area contributed by atoms with Gasteiger partial charge in [0.15, 0.2) is 0 Å². The standard InChI is InChI=1S/C29H31BN2/c1-31-25-18-11-9-16-23(25)30-24-17-10-12-19-26(24)32(28-21-13-20-27(31)29(28)30)22-14-7-5-3-2-4-6-8-15-22/h3,5,9-13,16-22H,2,4,6-8,14-15H2,1H3/b5-3-. The number of para-hydroxylation sites is 2. The van der Waals surface area contributed by atoms with Crippen LogP contribution < -0.4 is 26.2 Å². The molecule has 3 aromatic rings. The minimum atomic E-state index is 0.306. The van der Waals surface area contributed by atoms with E-state index in [2.05, 4.69) is 95.7 Å². The third-order valence-electron chi connectivity index (χ3n) is 7.69. The molecule has 0 spiro atoms. The number of nitrogens with zero attached hydrogens (tertiary/aromatic N) is 2. The SMILES string of the molecule is CN1c2ccccc2B2c3ccccc3N(C3CC/C=C\CCCCC3)c3cccc1c32. The average molecular weight is 418 g/mol. The largest absolute Gasteiger partial charge is 0.345 e. The summed E-state index contributed by atoms with van der Waals surface area (Å²) in [6.07, 6.45) is 13.7. The second kappa shape index (κ2) is 8.20. The third kappa shape index (κ3) is 3.10. The first-order valence-corrected chi connectivity index (χ1v) is 12.3. The van der Waals surface area contributed by atoms with Crippen LogP contribution in [0.25, 0.3) is 0 Å². The Morgan fingerprint density at radius 2 is 1.34 bits per heavy atom. The molecule has 3 heteroatoms. The Labute approximate surface area is 192 Å². The van der Waals surface area contributed by atoms with Crippen LogP contribution in [-0.2, 0) is 0 Å². The van der Waals surface area contributed by atoms with E-state index in [1.54, 1.807) is 0 Å². The van der Waals surface area contributed by atoms with E-state index in [9.17, 15) is 0 Å². The molecule has 2 aliphatic heterocycles. The summed E-state index contributed by atoms with van der Waals surface area (Å²) in [7, 11) is 2.23. The Balaban J connectivity index is 1.54. The summed E-state index contributed by atoms with van der Waals surface area (Å²) in [5.41, 5.74) is 9.88. The van der Waals surface area contributed by atoms with Gasteiger partial charge in [0.25, 0.3) is 6.71 Å². The van der Waals surface area contributed by atoms with Crippen LogP contribution in [0.5, 0.6) is 0 Å². The van der Waals surface area contributed by atoms with Crippen LogP contribution in [0.4, 0.5) is 22.7 Å². The van der Waals surface area contributed by atoms with Gasteiger partial charge in [-0.25, -0.2) is 0 Å². The Bertz CT molecular complexity index is 1170. The minimum absolute atomic E-state index is 0.306. The van der Waals surface area contributed by atoms with Gasteiger partial charge in [0.2, 0.25) is 0 Å². The smallest absolute Gasteiger partial charge is 0.252 e. The van der Waals surface area contributed by atoms with E-state index in [1.807, 2.05) is 0 Å². The van der Waals surface area contributed by atoms with E-state index in [1.165, 1.54) is 84.1 Å². The fourth-order valence-corrected chi connectivity index (χ4v) is 6.20. The summed E-state index contributed by atoms with van der Waals surface area (Å²) in [5, 5.41) is 0. The van der Waals surface area contributed by atoms with Crippen LogP contribution in [0.2, 0.25) is 0 Å². The number of hydrogen-bond donors (Lipinski definition) is 0. The number of allylic oxidation sites excluding steroid dienone is 2. The van der Waals surface area contributed by atoms with E-state index >= 15 is 0 Å². The third-order valence-corrected chi connectivity index (χ3v) is 7.69. The molecule has 0 aromatic heterocycles. The molecule has 1 unspecified atom stereocenters. The molecule has 3 aromatic carbocycles. The number of hydrogen-bond acceptors (Lipinski definition) is 2. The second-order valence-corrected chi connectivity index (χ2v) is 9.53. The van der Waals surface area contributed by atoms with Gasteiger partial charge in [-0.15, -0.1) is 0 Å². The molecular weight excluding hydrogens is 387 g/mol. The molecule has 1 atom stereocenters. The van der Waals surface area contributed by atoms with Crippen molar-refractivity contribution in [2.75, 3.05) is 16.8 Å². The lowest BCUT2D eigenvalue weighted by Gasteiger charge is -2.45. The molecule has 1 aliphatic carbocycles.